The summed E-state index contributed by atoms with van der Waals surface area (Å²) < 4.78 is 32.7. The van der Waals surface area contributed by atoms with E-state index in [-0.39, 0.29) is 22.1 Å². The predicted molar refractivity (Wildman–Crippen MR) is 144 cm³/mol. The fourth-order valence-electron chi connectivity index (χ4n) is 2.43. The minimum absolute atomic E-state index is 0.0763. The molecule has 1 aromatic heterocycles. The Kier molecular flexibility index (Phi) is 11.4. The molecule has 0 radical (unpaired) electrons. The maximum absolute atomic E-state index is 10.8. The number of aliphatic carboxylic acids is 1. The van der Waals surface area contributed by atoms with Gasteiger partial charge in [-0.25, -0.2) is 4.99 Å². The van der Waals surface area contributed by atoms with E-state index in [1.807, 2.05) is 6.11 Å². The molecule has 2 aromatic carbocycles. The summed E-state index contributed by atoms with van der Waals surface area (Å²) in [5.41, 5.74) is 1.63. The molecule has 0 amide bonds. The molecule has 0 saturated carbocycles. The van der Waals surface area contributed by atoms with Crippen LogP contribution in [-0.4, -0.2) is 51.2 Å². The van der Waals surface area contributed by atoms with Crippen LogP contribution in [-0.2, 0) is 29.3 Å². The van der Waals surface area contributed by atoms with Crippen molar-refractivity contribution in [3.05, 3.63) is 47.7 Å². The molecule has 0 spiro atoms. The van der Waals surface area contributed by atoms with Crippen molar-refractivity contribution >= 4 is 86.6 Å². The highest BCUT2D eigenvalue weighted by Crippen LogP contribution is 2.33. The average Bonchev–Trinajstić information content (AvgIpc) is 2.89. The molecule has 0 fully saturated rings. The molecule has 0 aliphatic heterocycles. The molecular formula is C20H15ClN8O8S3. The lowest BCUT2D eigenvalue weighted by Gasteiger charge is -2.08. The van der Waals surface area contributed by atoms with Crippen molar-refractivity contribution in [2.24, 2.45) is 21.1 Å². The number of nitrogens with two attached hydrogens (primary N) is 1. The van der Waals surface area contributed by atoms with Gasteiger partial charge in [0.2, 0.25) is 17.6 Å². The van der Waals surface area contributed by atoms with Crippen molar-refractivity contribution in [3.8, 4) is 11.4 Å². The van der Waals surface area contributed by atoms with Gasteiger partial charge in [-0.1, -0.05) is 11.8 Å². The van der Waals surface area contributed by atoms with E-state index in [2.05, 4.69) is 54.8 Å². The minimum atomic E-state index is -4.75. The summed E-state index contributed by atoms with van der Waals surface area (Å²) in [6.07, 6.45) is 2.94. The Morgan fingerprint density at radius 1 is 1.15 bits per heavy atom. The first-order valence-electron chi connectivity index (χ1n) is 10.2. The number of azo groups is 1. The topological polar surface area (TPSA) is 233 Å². The lowest BCUT2D eigenvalue weighted by Crippen LogP contribution is -2.03. The average molecular weight is 627 g/mol. The Morgan fingerprint density at radius 2 is 1.93 bits per heavy atom. The zero-order chi connectivity index (χ0) is 29.0. The van der Waals surface area contributed by atoms with Gasteiger partial charge < -0.3 is 15.3 Å². The minimum Gasteiger partial charge on any atom is -0.481 e. The zero-order valence-electron chi connectivity index (χ0n) is 19.5. The second-order valence-corrected chi connectivity index (χ2v) is 9.82. The molecule has 16 nitrogen and oxygen atoms in total. The molecule has 208 valence electrons. The summed E-state index contributed by atoms with van der Waals surface area (Å²) in [7, 11) is -4.75. The maximum Gasteiger partial charge on any atom is 0.433 e. The third kappa shape index (κ3) is 11.0. The summed E-state index contributed by atoms with van der Waals surface area (Å²) in [6, 6.07) is 11.5. The largest absolute Gasteiger partial charge is 0.481 e. The van der Waals surface area contributed by atoms with Gasteiger partial charge in [0.15, 0.2) is 11.3 Å². The molecule has 0 saturated heterocycles. The summed E-state index contributed by atoms with van der Waals surface area (Å²) in [6.45, 7) is 0. The van der Waals surface area contributed by atoms with Crippen LogP contribution < -0.4 is 11.2 Å². The van der Waals surface area contributed by atoms with Gasteiger partial charge in [0.1, 0.15) is 5.69 Å². The fourth-order valence-corrected chi connectivity index (χ4v) is 3.78. The Labute approximate surface area is 239 Å². The van der Waals surface area contributed by atoms with Gasteiger partial charge in [-0.3, -0.25) is 14.2 Å². The van der Waals surface area contributed by atoms with Crippen LogP contribution in [0.3, 0.4) is 0 Å². The van der Waals surface area contributed by atoms with Crippen molar-refractivity contribution in [3.63, 3.8) is 0 Å². The third-order valence-electron chi connectivity index (χ3n) is 3.88. The first-order chi connectivity index (χ1) is 19.1. The molecule has 1 heterocycles. The molecule has 0 aliphatic carbocycles. The van der Waals surface area contributed by atoms with Crippen molar-refractivity contribution in [1.82, 2.24) is 15.0 Å². The van der Waals surface area contributed by atoms with E-state index in [1.54, 1.807) is 42.5 Å². The Balaban J connectivity index is 1.71. The zero-order valence-corrected chi connectivity index (χ0v) is 22.7. The van der Waals surface area contributed by atoms with E-state index in [1.165, 1.54) is 0 Å². The van der Waals surface area contributed by atoms with Gasteiger partial charge in [-0.15, -0.1) is 5.11 Å². The highest BCUT2D eigenvalue weighted by atomic mass is 35.5. The smallest absolute Gasteiger partial charge is 0.433 e. The number of benzene rings is 2. The Hall–Kier alpha value is -4.03. The second kappa shape index (κ2) is 14.9. The molecule has 0 aliphatic rings. The first kappa shape index (κ1) is 30.5. The standard InChI is InChI=1S/C20H15ClN8O8S3/c21-18-25-19(27-20(26-18)39-10-17(30)31)24-13-3-6-15(16(9-13)23-11-35-22)29-28-12-1-4-14(5-2-12)38-8-7-36-37-40(32,33)34/h1-6,9,11H,10,22H2,(H,30,31)(H,32,33,34)(H,24,25,26,27). The van der Waals surface area contributed by atoms with Crippen LogP contribution in [0.4, 0.5) is 28.7 Å². The van der Waals surface area contributed by atoms with Gasteiger partial charge in [-0.05, 0) is 70.2 Å². The molecule has 3 rings (SSSR count). The number of halogens is 1. The number of carbonyl (C=O) groups is 1. The van der Waals surface area contributed by atoms with E-state index in [4.69, 9.17) is 27.2 Å². The van der Waals surface area contributed by atoms with Crippen LogP contribution in [0.15, 0.2) is 67.7 Å². The molecule has 0 unspecified atom stereocenters. The summed E-state index contributed by atoms with van der Waals surface area (Å²) in [4.78, 5) is 36.0. The SMILES string of the molecule is NOC=Nc1cc(Nc2nc(Cl)nc(SCC(=O)O)n2)ccc1N=Nc1ccc(SC#COOS(=O)(=O)O)cc1. The van der Waals surface area contributed by atoms with Gasteiger partial charge >= 0.3 is 16.4 Å². The van der Waals surface area contributed by atoms with E-state index in [0.717, 1.165) is 29.9 Å². The summed E-state index contributed by atoms with van der Waals surface area (Å²) in [5, 5.41) is 22.6. The lowest BCUT2D eigenvalue weighted by molar-refractivity contribution is -0.135. The van der Waals surface area contributed by atoms with Gasteiger partial charge in [0, 0.05) is 15.8 Å². The van der Waals surface area contributed by atoms with E-state index in [9.17, 15) is 13.2 Å². The quantitative estimate of drug-likeness (QED) is 0.0322. The van der Waals surface area contributed by atoms with Crippen LogP contribution in [0, 0.1) is 11.4 Å². The van der Waals surface area contributed by atoms with Crippen molar-refractivity contribution in [2.75, 3.05) is 11.1 Å². The summed E-state index contributed by atoms with van der Waals surface area (Å²) >= 11 is 7.81. The van der Waals surface area contributed by atoms with Crippen molar-refractivity contribution < 1.29 is 36.9 Å². The van der Waals surface area contributed by atoms with E-state index < -0.39 is 16.4 Å². The fraction of sp³-hybridized carbons (Fsp3) is 0.0500. The number of carboxylic acid groups (broad SMARTS) is 1. The highest BCUT2D eigenvalue weighted by Gasteiger charge is 2.10. The van der Waals surface area contributed by atoms with Crippen molar-refractivity contribution in [2.45, 2.75) is 10.1 Å². The number of nitrogens with zero attached hydrogens (tertiary/aromatic N) is 6. The van der Waals surface area contributed by atoms with Crippen LogP contribution in [0.25, 0.3) is 0 Å². The maximum atomic E-state index is 10.8. The molecule has 0 bridgehead atoms. The number of hydrogen-bond acceptors (Lipinski definition) is 16. The monoisotopic (exact) mass is 626 g/mol. The number of carboxylic acids is 1. The number of nitrogens with one attached hydrogen (secondary N) is 1. The van der Waals surface area contributed by atoms with Crippen LogP contribution in [0.5, 0.6) is 0 Å². The number of anilines is 2. The summed E-state index contributed by atoms with van der Waals surface area (Å²) in [5.74, 6) is 3.84. The van der Waals surface area contributed by atoms with E-state index >= 15 is 0 Å². The van der Waals surface area contributed by atoms with Crippen LogP contribution in [0.2, 0.25) is 5.28 Å². The van der Waals surface area contributed by atoms with Crippen LogP contribution >= 0.6 is 35.1 Å². The number of aromatic nitrogens is 3. The third-order valence-corrected chi connectivity index (χ3v) is 5.81. The van der Waals surface area contributed by atoms with Crippen LogP contribution in [0.1, 0.15) is 0 Å². The van der Waals surface area contributed by atoms with Gasteiger partial charge in [-0.2, -0.15) is 34.4 Å². The van der Waals surface area contributed by atoms with Gasteiger partial charge in [0.25, 0.3) is 0 Å². The molecule has 20 heteroatoms. The number of rotatable bonds is 12. The molecule has 5 N–H and O–H groups in total. The Morgan fingerprint density at radius 3 is 2.62 bits per heavy atom. The molecular weight excluding hydrogens is 612 g/mol. The molecule has 0 atom stereocenters. The second-order valence-electron chi connectivity index (χ2n) is 6.67. The number of thioether (sulfide) groups is 2. The van der Waals surface area contributed by atoms with Gasteiger partial charge in [0.05, 0.1) is 17.1 Å². The van der Waals surface area contributed by atoms with E-state index in [0.29, 0.717) is 27.6 Å². The first-order valence-corrected chi connectivity index (χ1v) is 13.7. The predicted octanol–water partition coefficient (Wildman–Crippen LogP) is 4.17. The lowest BCUT2D eigenvalue weighted by atomic mass is 10.2. The van der Waals surface area contributed by atoms with Crippen molar-refractivity contribution in [1.29, 1.82) is 0 Å². The number of aliphatic imine (C=N–C) groups is 1. The normalized spacial score (nSPS) is 11.3. The highest BCUT2D eigenvalue weighted by molar-refractivity contribution is 8.04. The molecule has 40 heavy (non-hydrogen) atoms. The Bertz CT molecular complexity index is 1580. The number of hydrogen-bond donors (Lipinski definition) is 4. The molecule has 3 aromatic rings.